The lowest BCUT2D eigenvalue weighted by atomic mass is 9.92. The van der Waals surface area contributed by atoms with Crippen molar-refractivity contribution in [2.24, 2.45) is 5.92 Å². The van der Waals surface area contributed by atoms with Crippen molar-refractivity contribution in [2.45, 2.75) is 50.8 Å². The van der Waals surface area contributed by atoms with Crippen molar-refractivity contribution in [3.8, 4) is 0 Å². The van der Waals surface area contributed by atoms with Gasteiger partial charge in [-0.15, -0.1) is 0 Å². The van der Waals surface area contributed by atoms with Gasteiger partial charge in [-0.3, -0.25) is 0 Å². The molecule has 6 nitrogen and oxygen atoms in total. The van der Waals surface area contributed by atoms with Crippen molar-refractivity contribution in [3.05, 3.63) is 57.0 Å². The molecule has 1 saturated heterocycles. The number of aliphatic hydroxyl groups is 1. The van der Waals surface area contributed by atoms with Crippen LogP contribution in [0.5, 0.6) is 0 Å². The fourth-order valence-corrected chi connectivity index (χ4v) is 5.07. The van der Waals surface area contributed by atoms with E-state index < -0.39 is 11.9 Å². The summed E-state index contributed by atoms with van der Waals surface area (Å²) in [5.41, 5.74) is 1.64. The maximum atomic E-state index is 10.5. The number of benzene rings is 1. The first-order chi connectivity index (χ1) is 14.2. The molecule has 2 fully saturated rings. The molecule has 1 aromatic carbocycles. The maximum Gasteiger partial charge on any atom is 0.163 e. The number of H-pyrrole nitrogens is 1. The lowest BCUT2D eigenvalue weighted by Crippen LogP contribution is -2.29. The summed E-state index contributed by atoms with van der Waals surface area (Å²) in [5, 5.41) is 12.5. The molecule has 2 aliphatic rings. The van der Waals surface area contributed by atoms with Crippen molar-refractivity contribution in [1.29, 1.82) is 0 Å². The molecule has 0 amide bonds. The molecule has 5 rings (SSSR count). The third-order valence-corrected chi connectivity index (χ3v) is 6.58. The lowest BCUT2D eigenvalue weighted by molar-refractivity contribution is -0.161. The van der Waals surface area contributed by atoms with Crippen LogP contribution in [-0.4, -0.2) is 38.1 Å². The van der Waals surface area contributed by atoms with Gasteiger partial charge in [0.05, 0.1) is 23.7 Å². The molecule has 4 unspecified atom stereocenters. The Labute approximate surface area is 193 Å². The third kappa shape index (κ3) is 4.52. The molecule has 2 aromatic heterocycles. The van der Waals surface area contributed by atoms with Gasteiger partial charge in [-0.2, -0.15) is 0 Å². The van der Waals surface area contributed by atoms with Gasteiger partial charge in [0.1, 0.15) is 17.1 Å². The van der Waals surface area contributed by atoms with Gasteiger partial charge in [-0.05, 0) is 60.3 Å². The van der Waals surface area contributed by atoms with Crippen LogP contribution in [0, 0.1) is 5.92 Å². The molecule has 0 spiro atoms. The summed E-state index contributed by atoms with van der Waals surface area (Å²) in [4.78, 5) is 10.8. The zero-order valence-corrected chi connectivity index (χ0v) is 19.6. The van der Waals surface area contributed by atoms with Gasteiger partial charge in [0.25, 0.3) is 0 Å². The highest BCUT2D eigenvalue weighted by Crippen LogP contribution is 2.46. The number of nitrogens with one attached hydrogen (secondary N) is 1. The molecule has 3 heterocycles. The lowest BCUT2D eigenvalue weighted by Gasteiger charge is -2.25. The second-order valence-electron chi connectivity index (χ2n) is 7.90. The Bertz CT molecular complexity index is 1030. The van der Waals surface area contributed by atoms with E-state index in [-0.39, 0.29) is 18.1 Å². The minimum absolute atomic E-state index is 0.0133. The number of halogens is 3. The van der Waals surface area contributed by atoms with Gasteiger partial charge in [-0.25, -0.2) is 9.97 Å². The van der Waals surface area contributed by atoms with Crippen LogP contribution in [0.25, 0.3) is 11.0 Å². The van der Waals surface area contributed by atoms with E-state index in [0.29, 0.717) is 10.2 Å². The molecule has 3 aromatic rings. The normalized spacial score (nSPS) is 25.6. The van der Waals surface area contributed by atoms with Crippen LogP contribution in [0.1, 0.15) is 38.4 Å². The van der Waals surface area contributed by atoms with E-state index >= 15 is 0 Å². The SMILES string of the molecule is CC1(C)OC2CCC(C(O)c3ccc(Cl)cc3)C2O1.Clc1ncnc2[nH]cc(Br)c12. The summed E-state index contributed by atoms with van der Waals surface area (Å²) in [6, 6.07) is 7.37. The van der Waals surface area contributed by atoms with Gasteiger partial charge >= 0.3 is 0 Å². The zero-order valence-electron chi connectivity index (χ0n) is 16.5. The van der Waals surface area contributed by atoms with E-state index in [1.54, 1.807) is 6.20 Å². The van der Waals surface area contributed by atoms with Crippen LogP contribution >= 0.6 is 39.1 Å². The summed E-state index contributed by atoms with van der Waals surface area (Å²) >= 11 is 15.0. The van der Waals surface area contributed by atoms with Crippen LogP contribution in [0.3, 0.4) is 0 Å². The molecule has 4 atom stereocenters. The molecule has 1 saturated carbocycles. The quantitative estimate of drug-likeness (QED) is 0.430. The number of nitrogens with zero attached hydrogens (tertiary/aromatic N) is 2. The summed E-state index contributed by atoms with van der Waals surface area (Å²) < 4.78 is 12.7. The van der Waals surface area contributed by atoms with Crippen molar-refractivity contribution < 1.29 is 14.6 Å². The Morgan fingerprint density at radius 3 is 2.60 bits per heavy atom. The number of aromatic nitrogens is 3. The molecule has 0 radical (unpaired) electrons. The van der Waals surface area contributed by atoms with E-state index in [1.807, 2.05) is 38.1 Å². The molecule has 9 heteroatoms. The molecule has 30 heavy (non-hydrogen) atoms. The third-order valence-electron chi connectivity index (χ3n) is 5.42. The number of hydrogen-bond donors (Lipinski definition) is 2. The monoisotopic (exact) mass is 513 g/mol. The van der Waals surface area contributed by atoms with Crippen LogP contribution in [-0.2, 0) is 9.47 Å². The van der Waals surface area contributed by atoms with E-state index in [9.17, 15) is 5.11 Å². The van der Waals surface area contributed by atoms with E-state index in [4.69, 9.17) is 32.7 Å². The average molecular weight is 515 g/mol. The predicted octanol–water partition coefficient (Wildman–Crippen LogP) is 5.68. The molecule has 2 N–H and O–H groups in total. The Balaban J connectivity index is 0.000000168. The van der Waals surface area contributed by atoms with E-state index in [2.05, 4.69) is 30.9 Å². The first kappa shape index (κ1) is 22.0. The first-order valence-electron chi connectivity index (χ1n) is 9.67. The Hall–Kier alpha value is -1.22. The number of aromatic amines is 1. The number of aliphatic hydroxyl groups excluding tert-OH is 1. The first-order valence-corrected chi connectivity index (χ1v) is 11.2. The average Bonchev–Trinajstić information content (AvgIpc) is 3.35. The van der Waals surface area contributed by atoms with E-state index in [1.165, 1.54) is 6.33 Å². The molecule has 160 valence electrons. The number of hydrogen-bond acceptors (Lipinski definition) is 5. The largest absolute Gasteiger partial charge is 0.388 e. The van der Waals surface area contributed by atoms with Crippen molar-refractivity contribution >= 4 is 50.2 Å². The van der Waals surface area contributed by atoms with Gasteiger partial charge in [-0.1, -0.05) is 35.3 Å². The molecule has 1 aliphatic carbocycles. The predicted molar refractivity (Wildman–Crippen MR) is 120 cm³/mol. The van der Waals surface area contributed by atoms with Gasteiger partial charge < -0.3 is 19.6 Å². The summed E-state index contributed by atoms with van der Waals surface area (Å²) in [6.07, 6.45) is 4.66. The van der Waals surface area contributed by atoms with Gasteiger partial charge in [0.2, 0.25) is 0 Å². The smallest absolute Gasteiger partial charge is 0.163 e. The van der Waals surface area contributed by atoms with Gasteiger partial charge in [0.15, 0.2) is 5.79 Å². The fraction of sp³-hybridized carbons (Fsp3) is 0.429. The summed E-state index contributed by atoms with van der Waals surface area (Å²) in [7, 11) is 0. The second-order valence-corrected chi connectivity index (χ2v) is 9.55. The minimum Gasteiger partial charge on any atom is -0.388 e. The topological polar surface area (TPSA) is 80.3 Å². The maximum absolute atomic E-state index is 10.5. The zero-order chi connectivity index (χ0) is 21.5. The van der Waals surface area contributed by atoms with Crippen molar-refractivity contribution in [3.63, 3.8) is 0 Å². The number of ether oxygens (including phenoxy) is 2. The van der Waals surface area contributed by atoms with Crippen LogP contribution in [0.2, 0.25) is 10.2 Å². The second kappa shape index (κ2) is 8.73. The summed E-state index contributed by atoms with van der Waals surface area (Å²) in [5.74, 6) is -0.443. The highest BCUT2D eigenvalue weighted by atomic mass is 79.9. The highest BCUT2D eigenvalue weighted by molar-refractivity contribution is 9.10. The summed E-state index contributed by atoms with van der Waals surface area (Å²) in [6.45, 7) is 3.86. The Morgan fingerprint density at radius 1 is 1.17 bits per heavy atom. The van der Waals surface area contributed by atoms with Crippen LogP contribution in [0.4, 0.5) is 0 Å². The van der Waals surface area contributed by atoms with E-state index in [0.717, 1.165) is 33.9 Å². The van der Waals surface area contributed by atoms with Gasteiger partial charge in [0, 0.05) is 21.6 Å². The van der Waals surface area contributed by atoms with Crippen molar-refractivity contribution in [2.75, 3.05) is 0 Å². The number of fused-ring (bicyclic) bond motifs is 2. The number of rotatable bonds is 2. The Kier molecular flexibility index (Phi) is 6.40. The van der Waals surface area contributed by atoms with Crippen molar-refractivity contribution in [1.82, 2.24) is 15.0 Å². The van der Waals surface area contributed by atoms with Crippen LogP contribution < -0.4 is 0 Å². The molecule has 0 bridgehead atoms. The Morgan fingerprint density at radius 2 is 1.90 bits per heavy atom. The van der Waals surface area contributed by atoms with Crippen LogP contribution in [0.15, 0.2) is 41.3 Å². The fourth-order valence-electron chi connectivity index (χ4n) is 4.10. The molecule has 1 aliphatic heterocycles. The molecular formula is C21H22BrCl2N3O3. The highest BCUT2D eigenvalue weighted by Gasteiger charge is 2.51. The minimum atomic E-state index is -0.534. The molecular weight excluding hydrogens is 493 g/mol. The standard InChI is InChI=1S/C15H19ClO3.C6H3BrClN3/c1-15(2)18-12-8-7-11(14(12)19-15)13(17)9-3-5-10(16)6-4-9;7-3-1-9-6-4(3)5(8)10-2-11-6/h3-6,11-14,17H,7-8H2,1-2H3;1-2H,(H,9,10,11).